The normalized spacial score (nSPS) is 13.0. The topological polar surface area (TPSA) is 70.0 Å². The van der Waals surface area contributed by atoms with Gasteiger partial charge >= 0.3 is 0 Å². The van der Waals surface area contributed by atoms with Crippen LogP contribution in [0.15, 0.2) is 88.3 Å². The molecule has 3 aromatic carbocycles. The van der Waals surface area contributed by atoms with E-state index in [0.717, 1.165) is 28.0 Å². The molecule has 7 heteroatoms. The lowest BCUT2D eigenvalue weighted by atomic mass is 10.1. The lowest BCUT2D eigenvalue weighted by Crippen LogP contribution is -1.92. The zero-order chi connectivity index (χ0) is 22.5. The third-order valence-corrected chi connectivity index (χ3v) is 6.20. The maximum atomic E-state index is 12.7. The van der Waals surface area contributed by atoms with E-state index >= 15 is 0 Å². The van der Waals surface area contributed by atoms with E-state index in [-0.39, 0.29) is 6.04 Å². The summed E-state index contributed by atoms with van der Waals surface area (Å²) < 4.78 is 33.6. The predicted molar refractivity (Wildman–Crippen MR) is 125 cm³/mol. The van der Waals surface area contributed by atoms with Gasteiger partial charge in [-0.15, -0.1) is 0 Å². The van der Waals surface area contributed by atoms with Crippen LogP contribution >= 0.6 is 0 Å². The molecule has 0 aliphatic heterocycles. The molecule has 1 aromatic heterocycles. The standard InChI is InChI=1S/C25H23N2O4S/c1-17(18-4-6-19(29-2)7-5-18)27-32(28)22-11-8-20(9-12-22)31-25-14-15-26-24-16-21(30-3)10-13-23(24)25/h4-17H,1-3H3/q-1/t17-/m1/s1. The Labute approximate surface area is 189 Å². The summed E-state index contributed by atoms with van der Waals surface area (Å²) in [6.45, 7) is 1.92. The van der Waals surface area contributed by atoms with Crippen molar-refractivity contribution in [3.63, 3.8) is 0 Å². The Balaban J connectivity index is 1.51. The first-order valence-corrected chi connectivity index (χ1v) is 11.2. The molecule has 6 nitrogen and oxygen atoms in total. The molecule has 164 valence electrons. The first-order valence-electron chi connectivity index (χ1n) is 10.0. The lowest BCUT2D eigenvalue weighted by Gasteiger charge is -2.14. The van der Waals surface area contributed by atoms with Gasteiger partial charge in [0.25, 0.3) is 0 Å². The molecule has 0 saturated carbocycles. The summed E-state index contributed by atoms with van der Waals surface area (Å²) >= 11 is 0. The fraction of sp³-hybridized carbons (Fsp3) is 0.160. The number of hydrogen-bond donors (Lipinski definition) is 0. The van der Waals surface area contributed by atoms with E-state index in [2.05, 4.69) is 9.35 Å². The van der Waals surface area contributed by atoms with Gasteiger partial charge in [0.2, 0.25) is 0 Å². The van der Waals surface area contributed by atoms with Crippen LogP contribution < -0.4 is 14.2 Å². The molecule has 0 bridgehead atoms. The van der Waals surface area contributed by atoms with Crippen LogP contribution in [0.3, 0.4) is 0 Å². The average molecular weight is 448 g/mol. The molecule has 32 heavy (non-hydrogen) atoms. The third-order valence-electron chi connectivity index (χ3n) is 5.02. The summed E-state index contributed by atoms with van der Waals surface area (Å²) in [5.41, 5.74) is 1.76. The molecule has 0 fully saturated rings. The van der Waals surface area contributed by atoms with Crippen molar-refractivity contribution in [2.24, 2.45) is 4.36 Å². The smallest absolute Gasteiger partial charge is 0.138 e. The highest BCUT2D eigenvalue weighted by Crippen LogP contribution is 2.31. The summed E-state index contributed by atoms with van der Waals surface area (Å²) in [7, 11) is 1.76. The summed E-state index contributed by atoms with van der Waals surface area (Å²) in [6.07, 6.45) is 1.69. The Morgan fingerprint density at radius 1 is 0.844 bits per heavy atom. The van der Waals surface area contributed by atoms with Gasteiger partial charge < -0.3 is 22.8 Å². The predicted octanol–water partition coefficient (Wildman–Crippen LogP) is 6.31. The molecule has 1 atom stereocenters. The monoisotopic (exact) mass is 447 g/mol. The number of ether oxygens (including phenoxy) is 3. The molecule has 0 saturated heterocycles. The quantitative estimate of drug-likeness (QED) is 0.310. The Hall–Kier alpha value is -3.58. The lowest BCUT2D eigenvalue weighted by molar-refractivity contribution is 0.414. The van der Waals surface area contributed by atoms with Gasteiger partial charge in [0.15, 0.2) is 0 Å². The van der Waals surface area contributed by atoms with Crippen molar-refractivity contribution >= 4 is 21.5 Å². The van der Waals surface area contributed by atoms with Crippen LogP contribution in [-0.2, 0) is 14.8 Å². The van der Waals surface area contributed by atoms with Gasteiger partial charge in [-0.25, -0.2) is 0 Å². The molecular formula is C25H23N2O4S-. The van der Waals surface area contributed by atoms with E-state index in [1.54, 1.807) is 44.7 Å². The molecule has 0 aliphatic carbocycles. The molecule has 1 heterocycles. The maximum Gasteiger partial charge on any atom is 0.138 e. The Morgan fingerprint density at radius 3 is 2.19 bits per heavy atom. The fourth-order valence-electron chi connectivity index (χ4n) is 3.22. The van der Waals surface area contributed by atoms with Crippen molar-refractivity contribution in [1.82, 2.24) is 4.98 Å². The largest absolute Gasteiger partial charge is 0.497 e. The molecule has 4 rings (SSSR count). The highest BCUT2D eigenvalue weighted by atomic mass is 32.2. The van der Waals surface area contributed by atoms with Crippen LogP contribution in [-0.4, -0.2) is 19.2 Å². The highest BCUT2D eigenvalue weighted by molar-refractivity contribution is 7.74. The number of hydrogen-bond acceptors (Lipinski definition) is 7. The van der Waals surface area contributed by atoms with Gasteiger partial charge in [0, 0.05) is 23.7 Å². The maximum absolute atomic E-state index is 12.7. The summed E-state index contributed by atoms with van der Waals surface area (Å²) in [5.74, 6) is 2.84. The second-order valence-corrected chi connectivity index (χ2v) is 8.25. The van der Waals surface area contributed by atoms with Gasteiger partial charge in [-0.3, -0.25) is 4.98 Å². The van der Waals surface area contributed by atoms with E-state index in [1.165, 1.54) is 0 Å². The third kappa shape index (κ3) is 4.84. The van der Waals surface area contributed by atoms with Gasteiger partial charge in [0.1, 0.15) is 23.0 Å². The van der Waals surface area contributed by atoms with Crippen molar-refractivity contribution in [2.75, 3.05) is 14.2 Å². The second kappa shape index (κ2) is 9.70. The molecule has 4 aromatic rings. The molecule has 0 radical (unpaired) electrons. The van der Waals surface area contributed by atoms with Gasteiger partial charge in [-0.2, -0.15) is 10.6 Å². The van der Waals surface area contributed by atoms with Gasteiger partial charge in [-0.05, 0) is 55.0 Å². The molecule has 0 unspecified atom stereocenters. The minimum absolute atomic E-state index is 0.210. The zero-order valence-corrected chi connectivity index (χ0v) is 18.8. The van der Waals surface area contributed by atoms with E-state index in [0.29, 0.717) is 16.4 Å². The minimum atomic E-state index is -1.49. The number of methoxy groups -OCH3 is 2. The molecular weight excluding hydrogens is 424 g/mol. The Morgan fingerprint density at radius 2 is 1.50 bits per heavy atom. The molecule has 0 aliphatic rings. The highest BCUT2D eigenvalue weighted by Gasteiger charge is 2.06. The fourth-order valence-corrected chi connectivity index (χ4v) is 4.12. The van der Waals surface area contributed by atoms with E-state index in [1.807, 2.05) is 55.5 Å². The van der Waals surface area contributed by atoms with Crippen LogP contribution in [0.4, 0.5) is 0 Å². The van der Waals surface area contributed by atoms with Crippen molar-refractivity contribution in [2.45, 2.75) is 17.9 Å². The van der Waals surface area contributed by atoms with Crippen LogP contribution in [0, 0.1) is 0 Å². The number of nitrogens with zero attached hydrogens (tertiary/aromatic N) is 2. The number of aromatic nitrogens is 1. The summed E-state index contributed by atoms with van der Waals surface area (Å²) in [6, 6.07) is 22.0. The number of fused-ring (bicyclic) bond motifs is 1. The van der Waals surface area contributed by atoms with Gasteiger partial charge in [0.05, 0.1) is 19.7 Å². The molecule has 0 N–H and O–H groups in total. The summed E-state index contributed by atoms with van der Waals surface area (Å²) in [5, 5.41) is 0.879. The first-order chi connectivity index (χ1) is 15.6. The van der Waals surface area contributed by atoms with E-state index in [9.17, 15) is 4.21 Å². The SMILES string of the molecule is COc1ccc([C@@H](C)N=[S-](=O)c2ccc(Oc3ccnc4cc(OC)ccc34)cc2)cc1. The average Bonchev–Trinajstić information content (AvgIpc) is 2.84. The number of pyridine rings is 1. The van der Waals surface area contributed by atoms with Crippen molar-refractivity contribution in [3.05, 3.63) is 84.6 Å². The van der Waals surface area contributed by atoms with Crippen LogP contribution in [0.25, 0.3) is 10.9 Å². The number of rotatable bonds is 7. The Bertz CT molecular complexity index is 1300. The second-order valence-electron chi connectivity index (χ2n) is 7.07. The van der Waals surface area contributed by atoms with Crippen molar-refractivity contribution in [3.8, 4) is 23.0 Å². The summed E-state index contributed by atoms with van der Waals surface area (Å²) in [4.78, 5) is 4.98. The van der Waals surface area contributed by atoms with E-state index < -0.39 is 10.6 Å². The zero-order valence-electron chi connectivity index (χ0n) is 18.0. The Kier molecular flexibility index (Phi) is 6.56. The van der Waals surface area contributed by atoms with Gasteiger partial charge in [-0.1, -0.05) is 29.2 Å². The minimum Gasteiger partial charge on any atom is -0.497 e. The first kappa shape index (κ1) is 21.6. The van der Waals surface area contributed by atoms with Crippen molar-refractivity contribution < 1.29 is 18.4 Å². The number of benzene rings is 3. The van der Waals surface area contributed by atoms with Crippen LogP contribution in [0.5, 0.6) is 23.0 Å². The molecule has 0 amide bonds. The van der Waals surface area contributed by atoms with Crippen LogP contribution in [0.2, 0.25) is 0 Å². The van der Waals surface area contributed by atoms with Crippen LogP contribution in [0.1, 0.15) is 18.5 Å². The van der Waals surface area contributed by atoms with E-state index in [4.69, 9.17) is 14.2 Å². The van der Waals surface area contributed by atoms with Crippen molar-refractivity contribution in [1.29, 1.82) is 0 Å². The molecule has 0 spiro atoms.